The van der Waals surface area contributed by atoms with Crippen LogP contribution in [0.15, 0.2) is 152 Å². The molecular formula is C42H25N. The highest BCUT2D eigenvalue weighted by molar-refractivity contribution is 6.30. The molecule has 1 aliphatic rings. The predicted octanol–water partition coefficient (Wildman–Crippen LogP) is 11.6. The van der Waals surface area contributed by atoms with Crippen molar-refractivity contribution in [3.05, 3.63) is 152 Å². The van der Waals surface area contributed by atoms with Gasteiger partial charge >= 0.3 is 0 Å². The molecule has 0 aliphatic heterocycles. The third kappa shape index (κ3) is 3.01. The molecule has 0 unspecified atom stereocenters. The number of fused-ring (bicyclic) bond motifs is 10. The van der Waals surface area contributed by atoms with Gasteiger partial charge in [0.15, 0.2) is 0 Å². The van der Waals surface area contributed by atoms with Gasteiger partial charge in [-0.1, -0.05) is 127 Å². The monoisotopic (exact) mass is 543 g/mol. The minimum Gasteiger partial charge on any atom is -0.309 e. The first-order valence-corrected chi connectivity index (χ1v) is 15.0. The number of benzene rings is 8. The number of nitrogens with zero attached hydrogens (tertiary/aromatic N) is 1. The van der Waals surface area contributed by atoms with Crippen LogP contribution in [0.2, 0.25) is 0 Å². The van der Waals surface area contributed by atoms with E-state index in [1.54, 1.807) is 0 Å². The van der Waals surface area contributed by atoms with E-state index in [1.807, 2.05) is 0 Å². The van der Waals surface area contributed by atoms with Gasteiger partial charge in [-0.15, -0.1) is 0 Å². The lowest BCUT2D eigenvalue weighted by Crippen LogP contribution is -1.97. The smallest absolute Gasteiger partial charge is 0.0541 e. The third-order valence-corrected chi connectivity index (χ3v) is 9.51. The molecule has 8 aromatic carbocycles. The maximum Gasteiger partial charge on any atom is 0.0541 e. The molecule has 0 bridgehead atoms. The Bertz CT molecular complexity index is 2560. The van der Waals surface area contributed by atoms with Gasteiger partial charge < -0.3 is 4.57 Å². The summed E-state index contributed by atoms with van der Waals surface area (Å²) in [5.41, 5.74) is 11.5. The zero-order chi connectivity index (χ0) is 28.1. The minimum absolute atomic E-state index is 1.20. The van der Waals surface area contributed by atoms with Crippen molar-refractivity contribution in [3.8, 4) is 39.1 Å². The highest BCUT2D eigenvalue weighted by atomic mass is 15.0. The number of aromatic nitrogens is 1. The summed E-state index contributed by atoms with van der Waals surface area (Å²) in [6.07, 6.45) is 0. The highest BCUT2D eigenvalue weighted by Gasteiger charge is 2.27. The fourth-order valence-electron chi connectivity index (χ4n) is 7.75. The lowest BCUT2D eigenvalue weighted by Gasteiger charge is -2.18. The van der Waals surface area contributed by atoms with E-state index in [0.717, 1.165) is 0 Å². The molecule has 9 aromatic rings. The van der Waals surface area contributed by atoms with E-state index in [-0.39, 0.29) is 0 Å². The summed E-state index contributed by atoms with van der Waals surface area (Å²) < 4.78 is 2.45. The van der Waals surface area contributed by atoms with Crippen LogP contribution in [0, 0.1) is 0 Å². The van der Waals surface area contributed by atoms with Crippen LogP contribution >= 0.6 is 0 Å². The van der Waals surface area contributed by atoms with Crippen LogP contribution < -0.4 is 0 Å². The van der Waals surface area contributed by atoms with Gasteiger partial charge in [0.1, 0.15) is 0 Å². The zero-order valence-electron chi connectivity index (χ0n) is 23.4. The summed E-state index contributed by atoms with van der Waals surface area (Å²) in [7, 11) is 0. The molecule has 0 saturated carbocycles. The molecule has 0 saturated heterocycles. The van der Waals surface area contributed by atoms with E-state index in [2.05, 4.69) is 156 Å². The normalized spacial score (nSPS) is 12.2. The topological polar surface area (TPSA) is 4.93 Å². The van der Waals surface area contributed by atoms with Crippen LogP contribution in [-0.2, 0) is 0 Å². The fourth-order valence-corrected chi connectivity index (χ4v) is 7.75. The van der Waals surface area contributed by atoms with Crippen molar-refractivity contribution in [2.75, 3.05) is 0 Å². The number of para-hydroxylation sites is 3. The molecule has 1 heteroatoms. The van der Waals surface area contributed by atoms with Crippen LogP contribution in [0.25, 0.3) is 93.2 Å². The maximum absolute atomic E-state index is 2.45. The van der Waals surface area contributed by atoms with Gasteiger partial charge in [0.05, 0.1) is 16.7 Å². The van der Waals surface area contributed by atoms with Crippen molar-refractivity contribution in [1.29, 1.82) is 0 Å². The molecule has 0 fully saturated rings. The van der Waals surface area contributed by atoms with Gasteiger partial charge in [-0.3, -0.25) is 0 Å². The van der Waals surface area contributed by atoms with Gasteiger partial charge in [-0.2, -0.15) is 0 Å². The van der Waals surface area contributed by atoms with Gasteiger partial charge in [-0.25, -0.2) is 0 Å². The van der Waals surface area contributed by atoms with Crippen molar-refractivity contribution < 1.29 is 0 Å². The third-order valence-electron chi connectivity index (χ3n) is 9.51. The summed E-state index contributed by atoms with van der Waals surface area (Å²) in [5, 5.41) is 10.4. The molecule has 1 aliphatic carbocycles. The summed E-state index contributed by atoms with van der Waals surface area (Å²) in [5.74, 6) is 0. The first-order chi connectivity index (χ1) is 21.4. The van der Waals surface area contributed by atoms with Crippen LogP contribution in [-0.4, -0.2) is 4.57 Å². The van der Waals surface area contributed by atoms with Gasteiger partial charge in [-0.05, 0) is 84.4 Å². The highest BCUT2D eigenvalue weighted by Crippen LogP contribution is 2.54. The lowest BCUT2D eigenvalue weighted by molar-refractivity contribution is 1.18. The van der Waals surface area contributed by atoms with E-state index in [9.17, 15) is 0 Å². The Morgan fingerprint density at radius 2 is 0.907 bits per heavy atom. The summed E-state index contributed by atoms with van der Waals surface area (Å²) in [6, 6.07) is 55.9. The molecule has 1 heterocycles. The Morgan fingerprint density at radius 3 is 1.70 bits per heavy atom. The average molecular weight is 544 g/mol. The zero-order valence-corrected chi connectivity index (χ0v) is 23.4. The molecule has 0 N–H and O–H groups in total. The van der Waals surface area contributed by atoms with Crippen molar-refractivity contribution in [3.63, 3.8) is 0 Å². The first kappa shape index (κ1) is 23.0. The number of hydrogen-bond acceptors (Lipinski definition) is 0. The van der Waals surface area contributed by atoms with Crippen LogP contribution in [0.3, 0.4) is 0 Å². The van der Waals surface area contributed by atoms with E-state index >= 15 is 0 Å². The van der Waals surface area contributed by atoms with Crippen molar-refractivity contribution in [2.45, 2.75) is 0 Å². The van der Waals surface area contributed by atoms with E-state index in [4.69, 9.17) is 0 Å². The molecule has 0 amide bonds. The molecule has 0 atom stereocenters. The number of rotatable bonds is 2. The molecule has 1 nitrogen and oxygen atoms in total. The molecule has 198 valence electrons. The predicted molar refractivity (Wildman–Crippen MR) is 183 cm³/mol. The molecule has 0 radical (unpaired) electrons. The Kier molecular flexibility index (Phi) is 4.51. The Labute approximate surface area is 248 Å². The van der Waals surface area contributed by atoms with Crippen molar-refractivity contribution in [2.24, 2.45) is 0 Å². The fraction of sp³-hybridized carbons (Fsp3) is 0. The van der Waals surface area contributed by atoms with E-state index < -0.39 is 0 Å². The van der Waals surface area contributed by atoms with Gasteiger partial charge in [0, 0.05) is 16.3 Å². The van der Waals surface area contributed by atoms with Crippen LogP contribution in [0.4, 0.5) is 0 Å². The number of hydrogen-bond donors (Lipinski definition) is 0. The van der Waals surface area contributed by atoms with Crippen molar-refractivity contribution >= 4 is 54.1 Å². The van der Waals surface area contributed by atoms with Crippen LogP contribution in [0.5, 0.6) is 0 Å². The second-order valence-electron chi connectivity index (χ2n) is 11.7. The Morgan fingerprint density at radius 1 is 0.326 bits per heavy atom. The molecule has 10 rings (SSSR count). The maximum atomic E-state index is 2.45. The Balaban J connectivity index is 1.36. The Hall–Kier alpha value is -5.66. The van der Waals surface area contributed by atoms with E-state index in [0.29, 0.717) is 0 Å². The van der Waals surface area contributed by atoms with Crippen molar-refractivity contribution in [1.82, 2.24) is 4.57 Å². The van der Waals surface area contributed by atoms with Crippen LogP contribution in [0.1, 0.15) is 0 Å². The SMILES string of the molecule is c1ccc(-n2c3ccccc3c3ccccc32)c(-c2ccc3c4c(cc5ccccc5c24)-c2ccc4ccccc4c2-3)c1. The largest absolute Gasteiger partial charge is 0.309 e. The lowest BCUT2D eigenvalue weighted by atomic mass is 9.89. The summed E-state index contributed by atoms with van der Waals surface area (Å²) in [6.45, 7) is 0. The quantitative estimate of drug-likeness (QED) is 0.191. The second-order valence-corrected chi connectivity index (χ2v) is 11.7. The molecule has 43 heavy (non-hydrogen) atoms. The molecule has 1 aromatic heterocycles. The van der Waals surface area contributed by atoms with Gasteiger partial charge in [0.25, 0.3) is 0 Å². The standard InChI is InChI=1S/C42H25N/c1-3-13-28-26(11-1)21-22-34-36-25-27-12-2-4-14-29(27)41-33(23-24-35(40(28)34)42(36)41)32-17-7-10-20-39(32)43-37-18-8-5-15-30(37)31-16-6-9-19-38(31)43/h1-25H. The van der Waals surface area contributed by atoms with Gasteiger partial charge in [0.2, 0.25) is 0 Å². The second kappa shape index (κ2) is 8.44. The summed E-state index contributed by atoms with van der Waals surface area (Å²) >= 11 is 0. The van der Waals surface area contributed by atoms with E-state index in [1.165, 1.54) is 93.2 Å². The molecular weight excluding hydrogens is 518 g/mol. The average Bonchev–Trinajstić information content (AvgIpc) is 3.58. The first-order valence-electron chi connectivity index (χ1n) is 15.0. The summed E-state index contributed by atoms with van der Waals surface area (Å²) in [4.78, 5) is 0. The molecule has 0 spiro atoms. The minimum atomic E-state index is 1.20.